The fourth-order valence-corrected chi connectivity index (χ4v) is 3.02. The number of alkyl carbamates (subject to hydrolysis) is 1. The molecule has 21 heavy (non-hydrogen) atoms. The molecule has 0 bridgehead atoms. The van der Waals surface area contributed by atoms with E-state index in [4.69, 9.17) is 4.74 Å². The van der Waals surface area contributed by atoms with Crippen LogP contribution in [-0.4, -0.2) is 62.9 Å². The lowest BCUT2D eigenvalue weighted by Crippen LogP contribution is -2.46. The SMILES string of the molecule is CC(C)(C)OC(=O)NCCNC1CCN(S(C)(=O)=O)CC1. The van der Waals surface area contributed by atoms with E-state index in [1.807, 2.05) is 20.8 Å². The maximum atomic E-state index is 11.4. The van der Waals surface area contributed by atoms with E-state index < -0.39 is 21.7 Å². The van der Waals surface area contributed by atoms with E-state index in [2.05, 4.69) is 10.6 Å². The van der Waals surface area contributed by atoms with Gasteiger partial charge in [0.15, 0.2) is 0 Å². The molecule has 0 saturated carbocycles. The molecule has 0 aromatic carbocycles. The number of hydrogen-bond donors (Lipinski definition) is 2. The second-order valence-corrected chi connectivity index (χ2v) is 8.30. The molecule has 0 spiro atoms. The number of sulfonamides is 1. The first-order chi connectivity index (χ1) is 9.58. The first-order valence-electron chi connectivity index (χ1n) is 7.23. The highest BCUT2D eigenvalue weighted by Crippen LogP contribution is 2.12. The highest BCUT2D eigenvalue weighted by molar-refractivity contribution is 7.88. The summed E-state index contributed by atoms with van der Waals surface area (Å²) in [4.78, 5) is 11.4. The van der Waals surface area contributed by atoms with Crippen LogP contribution < -0.4 is 10.6 Å². The van der Waals surface area contributed by atoms with Crippen molar-refractivity contribution in [3.8, 4) is 0 Å². The van der Waals surface area contributed by atoms with Crippen LogP contribution in [0.5, 0.6) is 0 Å². The van der Waals surface area contributed by atoms with Crippen molar-refractivity contribution in [1.82, 2.24) is 14.9 Å². The van der Waals surface area contributed by atoms with E-state index in [1.165, 1.54) is 10.6 Å². The highest BCUT2D eigenvalue weighted by atomic mass is 32.2. The molecule has 8 heteroatoms. The Balaban J connectivity index is 2.14. The van der Waals surface area contributed by atoms with Gasteiger partial charge < -0.3 is 15.4 Å². The zero-order chi connectivity index (χ0) is 16.1. The molecular weight excluding hydrogens is 294 g/mol. The van der Waals surface area contributed by atoms with Gasteiger partial charge in [0.2, 0.25) is 10.0 Å². The molecule has 1 fully saturated rings. The number of nitrogens with zero attached hydrogens (tertiary/aromatic N) is 1. The lowest BCUT2D eigenvalue weighted by atomic mass is 10.1. The van der Waals surface area contributed by atoms with Crippen LogP contribution in [0, 0.1) is 0 Å². The summed E-state index contributed by atoms with van der Waals surface area (Å²) in [6.45, 7) is 7.69. The van der Waals surface area contributed by atoms with Crippen LogP contribution in [0.4, 0.5) is 4.79 Å². The summed E-state index contributed by atoms with van der Waals surface area (Å²) in [5, 5.41) is 6.00. The summed E-state index contributed by atoms with van der Waals surface area (Å²) in [6.07, 6.45) is 2.40. The minimum absolute atomic E-state index is 0.295. The first kappa shape index (κ1) is 18.2. The Morgan fingerprint density at radius 1 is 1.24 bits per heavy atom. The summed E-state index contributed by atoms with van der Waals surface area (Å²) in [7, 11) is -3.07. The van der Waals surface area contributed by atoms with Crippen molar-refractivity contribution < 1.29 is 17.9 Å². The predicted octanol–water partition coefficient (Wildman–Crippen LogP) is 0.525. The Kier molecular flexibility index (Phi) is 6.42. The number of carbonyl (C=O) groups excluding carboxylic acids is 1. The van der Waals surface area contributed by atoms with Crippen molar-refractivity contribution in [3.05, 3.63) is 0 Å². The molecule has 0 atom stereocenters. The average Bonchev–Trinajstić information content (AvgIpc) is 2.32. The number of carbonyl (C=O) groups is 1. The zero-order valence-electron chi connectivity index (χ0n) is 13.3. The molecule has 0 unspecified atom stereocenters. The molecule has 1 saturated heterocycles. The fraction of sp³-hybridized carbons (Fsp3) is 0.923. The van der Waals surface area contributed by atoms with Crippen molar-refractivity contribution in [2.75, 3.05) is 32.4 Å². The van der Waals surface area contributed by atoms with E-state index in [0.29, 0.717) is 32.2 Å². The molecule has 1 amide bonds. The van der Waals surface area contributed by atoms with Gasteiger partial charge >= 0.3 is 6.09 Å². The van der Waals surface area contributed by atoms with Gasteiger partial charge in [-0.2, -0.15) is 0 Å². The van der Waals surface area contributed by atoms with Crippen LogP contribution in [0.2, 0.25) is 0 Å². The Morgan fingerprint density at radius 3 is 2.29 bits per heavy atom. The Morgan fingerprint density at radius 2 is 1.81 bits per heavy atom. The van der Waals surface area contributed by atoms with Gasteiger partial charge in [0.25, 0.3) is 0 Å². The number of ether oxygens (including phenoxy) is 1. The molecule has 0 radical (unpaired) electrons. The second kappa shape index (κ2) is 7.42. The van der Waals surface area contributed by atoms with E-state index >= 15 is 0 Å². The van der Waals surface area contributed by atoms with Gasteiger partial charge in [-0.25, -0.2) is 17.5 Å². The molecule has 1 rings (SSSR count). The summed E-state index contributed by atoms with van der Waals surface area (Å²) >= 11 is 0. The number of hydrogen-bond acceptors (Lipinski definition) is 5. The van der Waals surface area contributed by atoms with E-state index in [1.54, 1.807) is 0 Å². The van der Waals surface area contributed by atoms with Crippen LogP contribution in [0.1, 0.15) is 33.6 Å². The number of piperidine rings is 1. The van der Waals surface area contributed by atoms with Gasteiger partial charge in [-0.15, -0.1) is 0 Å². The monoisotopic (exact) mass is 321 g/mol. The van der Waals surface area contributed by atoms with Crippen molar-refractivity contribution in [3.63, 3.8) is 0 Å². The molecule has 1 aliphatic heterocycles. The van der Waals surface area contributed by atoms with Crippen molar-refractivity contribution in [2.45, 2.75) is 45.3 Å². The van der Waals surface area contributed by atoms with Crippen molar-refractivity contribution in [1.29, 1.82) is 0 Å². The highest BCUT2D eigenvalue weighted by Gasteiger charge is 2.24. The standard InChI is InChI=1S/C13H27N3O4S/c1-13(2,3)20-12(17)15-8-7-14-11-5-9-16(10-6-11)21(4,18)19/h11,14H,5-10H2,1-4H3,(H,15,17). The minimum atomic E-state index is -3.07. The Labute approximate surface area is 127 Å². The third-order valence-electron chi connectivity index (χ3n) is 3.15. The van der Waals surface area contributed by atoms with Gasteiger partial charge in [-0.05, 0) is 33.6 Å². The van der Waals surface area contributed by atoms with Crippen LogP contribution in [0.3, 0.4) is 0 Å². The van der Waals surface area contributed by atoms with Crippen molar-refractivity contribution >= 4 is 16.1 Å². The van der Waals surface area contributed by atoms with E-state index in [9.17, 15) is 13.2 Å². The Bertz CT molecular complexity index is 437. The van der Waals surface area contributed by atoms with Gasteiger partial charge in [-0.3, -0.25) is 0 Å². The molecular formula is C13H27N3O4S. The van der Waals surface area contributed by atoms with Crippen LogP contribution >= 0.6 is 0 Å². The second-order valence-electron chi connectivity index (χ2n) is 6.32. The Hall–Kier alpha value is -0.860. The minimum Gasteiger partial charge on any atom is -0.444 e. The van der Waals surface area contributed by atoms with Crippen molar-refractivity contribution in [2.24, 2.45) is 0 Å². The quantitative estimate of drug-likeness (QED) is 0.721. The molecule has 1 heterocycles. The van der Waals surface area contributed by atoms with Gasteiger partial charge in [0, 0.05) is 32.2 Å². The number of rotatable bonds is 5. The first-order valence-corrected chi connectivity index (χ1v) is 9.08. The maximum Gasteiger partial charge on any atom is 0.407 e. The maximum absolute atomic E-state index is 11.4. The largest absolute Gasteiger partial charge is 0.444 e. The molecule has 0 aliphatic carbocycles. The van der Waals surface area contributed by atoms with Gasteiger partial charge in [0.05, 0.1) is 6.26 Å². The van der Waals surface area contributed by atoms with Crippen LogP contribution in [0.15, 0.2) is 0 Å². The molecule has 0 aromatic rings. The zero-order valence-corrected chi connectivity index (χ0v) is 14.1. The lowest BCUT2D eigenvalue weighted by Gasteiger charge is -2.30. The third-order valence-corrected chi connectivity index (χ3v) is 4.45. The summed E-state index contributed by atoms with van der Waals surface area (Å²) in [5.74, 6) is 0. The molecule has 2 N–H and O–H groups in total. The summed E-state index contributed by atoms with van der Waals surface area (Å²) < 4.78 is 29.4. The predicted molar refractivity (Wildman–Crippen MR) is 81.7 cm³/mol. The number of amides is 1. The molecule has 124 valence electrons. The fourth-order valence-electron chi connectivity index (χ4n) is 2.15. The lowest BCUT2D eigenvalue weighted by molar-refractivity contribution is 0.0527. The molecule has 1 aliphatic rings. The van der Waals surface area contributed by atoms with E-state index in [-0.39, 0.29) is 0 Å². The summed E-state index contributed by atoms with van der Waals surface area (Å²) in [5.41, 5.74) is -0.490. The smallest absolute Gasteiger partial charge is 0.407 e. The number of nitrogens with one attached hydrogen (secondary N) is 2. The van der Waals surface area contributed by atoms with Gasteiger partial charge in [0.1, 0.15) is 5.60 Å². The summed E-state index contributed by atoms with van der Waals surface area (Å²) in [6, 6.07) is 0.295. The normalized spacial score (nSPS) is 18.5. The topological polar surface area (TPSA) is 87.7 Å². The third kappa shape index (κ3) is 7.63. The molecule has 0 aromatic heterocycles. The van der Waals surface area contributed by atoms with E-state index in [0.717, 1.165) is 12.8 Å². The van der Waals surface area contributed by atoms with Crippen LogP contribution in [-0.2, 0) is 14.8 Å². The van der Waals surface area contributed by atoms with Crippen LogP contribution in [0.25, 0.3) is 0 Å². The van der Waals surface area contributed by atoms with Gasteiger partial charge in [-0.1, -0.05) is 0 Å². The average molecular weight is 321 g/mol. The molecule has 7 nitrogen and oxygen atoms in total.